The van der Waals surface area contributed by atoms with Crippen LogP contribution in [0.2, 0.25) is 0 Å². The van der Waals surface area contributed by atoms with Crippen molar-refractivity contribution < 1.29 is 9.90 Å². The highest BCUT2D eigenvalue weighted by molar-refractivity contribution is 6.15. The van der Waals surface area contributed by atoms with Crippen LogP contribution in [0.1, 0.15) is 45.1 Å². The smallest absolute Gasteiger partial charge is 0.220 e. The van der Waals surface area contributed by atoms with E-state index in [1.807, 2.05) is 19.1 Å². The average molecular weight is 419 g/mol. The number of benzene rings is 1. The summed E-state index contributed by atoms with van der Waals surface area (Å²) in [6.45, 7) is 5.73. The maximum atomic E-state index is 12.0. The van der Waals surface area contributed by atoms with Crippen molar-refractivity contribution in [3.63, 3.8) is 0 Å². The third-order valence-electron chi connectivity index (χ3n) is 5.90. The van der Waals surface area contributed by atoms with Gasteiger partial charge in [-0.25, -0.2) is 4.99 Å². The molecule has 6 heteroatoms. The van der Waals surface area contributed by atoms with Crippen molar-refractivity contribution in [1.82, 2.24) is 10.2 Å². The Labute approximate surface area is 183 Å². The Kier molecular flexibility index (Phi) is 6.35. The number of piperidine rings is 1. The first-order valence-electron chi connectivity index (χ1n) is 11.1. The molecule has 1 aromatic carbocycles. The number of fused-ring (bicyclic) bond motifs is 1. The monoisotopic (exact) mass is 418 g/mol. The molecule has 1 aromatic rings. The number of carbonyl (C=O) groups is 1. The predicted octanol–water partition coefficient (Wildman–Crippen LogP) is 3.74. The summed E-state index contributed by atoms with van der Waals surface area (Å²) in [5.41, 5.74) is 2.88. The predicted molar refractivity (Wildman–Crippen MR) is 124 cm³/mol. The zero-order valence-corrected chi connectivity index (χ0v) is 18.2. The number of allylic oxidation sites excluding steroid dienone is 4. The van der Waals surface area contributed by atoms with E-state index in [0.29, 0.717) is 17.8 Å². The number of aromatic hydroxyl groups is 1. The van der Waals surface area contributed by atoms with Gasteiger partial charge in [0.1, 0.15) is 11.6 Å². The van der Waals surface area contributed by atoms with Crippen molar-refractivity contribution >= 4 is 17.6 Å². The Balaban J connectivity index is 1.60. The Hall–Kier alpha value is -3.15. The fourth-order valence-electron chi connectivity index (χ4n) is 4.18. The summed E-state index contributed by atoms with van der Waals surface area (Å²) >= 11 is 0. The quantitative estimate of drug-likeness (QED) is 0.782. The van der Waals surface area contributed by atoms with Gasteiger partial charge in [0, 0.05) is 31.1 Å². The zero-order chi connectivity index (χ0) is 21.8. The first-order valence-corrected chi connectivity index (χ1v) is 11.1. The molecule has 2 N–H and O–H groups in total. The molecule has 1 aliphatic carbocycles. The molecule has 1 fully saturated rings. The fraction of sp³-hybridized carbons (Fsp3) is 0.400. The molecule has 3 aliphatic rings. The van der Waals surface area contributed by atoms with Crippen LogP contribution in [-0.2, 0) is 4.79 Å². The molecular formula is C25H30N4O2. The van der Waals surface area contributed by atoms with Crippen LogP contribution in [-0.4, -0.2) is 52.8 Å². The van der Waals surface area contributed by atoms with E-state index in [1.54, 1.807) is 12.1 Å². The van der Waals surface area contributed by atoms with Gasteiger partial charge in [0.25, 0.3) is 0 Å². The van der Waals surface area contributed by atoms with Crippen LogP contribution in [0.25, 0.3) is 0 Å². The van der Waals surface area contributed by atoms with Crippen LogP contribution >= 0.6 is 0 Å². The molecule has 1 unspecified atom stereocenters. The number of carbonyl (C=O) groups excluding carboxylic acids is 1. The summed E-state index contributed by atoms with van der Waals surface area (Å²) in [6, 6.07) is 7.27. The summed E-state index contributed by atoms with van der Waals surface area (Å²) in [6.07, 6.45) is 11.6. The van der Waals surface area contributed by atoms with Crippen LogP contribution < -0.4 is 5.32 Å². The minimum absolute atomic E-state index is 0.141. The van der Waals surface area contributed by atoms with Gasteiger partial charge in [-0.2, -0.15) is 0 Å². The first kappa shape index (κ1) is 21.1. The van der Waals surface area contributed by atoms with Gasteiger partial charge < -0.3 is 15.3 Å². The van der Waals surface area contributed by atoms with Gasteiger partial charge in [0.15, 0.2) is 5.84 Å². The van der Waals surface area contributed by atoms with Gasteiger partial charge in [-0.05, 0) is 38.3 Å². The number of hydrogen-bond donors (Lipinski definition) is 2. The van der Waals surface area contributed by atoms with Gasteiger partial charge >= 0.3 is 0 Å². The molecule has 2 aliphatic heterocycles. The largest absolute Gasteiger partial charge is 0.507 e. The number of nitrogens with one attached hydrogen (secondary N) is 1. The standard InChI is InChI=1S/C25H30N4O2/c1-3-6-23(31)26-18-13-15-29(16-14-18)25-19-11-9-17(2)10-12-21(19)27-24(28-25)20-7-4-5-8-22(20)30/h4-5,7-12,18,21,30H,3,6,13-16H2,1-2H3,(H,26,31). The first-order chi connectivity index (χ1) is 15.0. The molecule has 162 valence electrons. The minimum Gasteiger partial charge on any atom is -0.507 e. The van der Waals surface area contributed by atoms with E-state index in [0.717, 1.165) is 49.3 Å². The van der Waals surface area contributed by atoms with E-state index in [-0.39, 0.29) is 23.7 Å². The minimum atomic E-state index is -0.141. The van der Waals surface area contributed by atoms with Crippen molar-refractivity contribution in [3.8, 4) is 5.75 Å². The van der Waals surface area contributed by atoms with Crippen molar-refractivity contribution in [2.45, 2.75) is 51.6 Å². The molecule has 4 rings (SSSR count). The SMILES string of the molecule is CCCC(=O)NC1CCN(C2=NC(c3ccccc3O)=NC3C=CC(C)=CC=C23)CC1. The van der Waals surface area contributed by atoms with Crippen molar-refractivity contribution in [3.05, 3.63) is 65.3 Å². The van der Waals surface area contributed by atoms with Crippen LogP contribution in [0.4, 0.5) is 0 Å². The van der Waals surface area contributed by atoms with E-state index in [1.165, 1.54) is 0 Å². The zero-order valence-electron chi connectivity index (χ0n) is 18.2. The molecule has 0 radical (unpaired) electrons. The topological polar surface area (TPSA) is 77.3 Å². The van der Waals surface area contributed by atoms with Gasteiger partial charge in [0.05, 0.1) is 11.6 Å². The second kappa shape index (κ2) is 9.33. The number of nitrogens with zero attached hydrogens (tertiary/aromatic N) is 3. The number of para-hydroxylation sites is 1. The van der Waals surface area contributed by atoms with E-state index in [4.69, 9.17) is 9.98 Å². The number of aliphatic imine (C=N–C) groups is 2. The summed E-state index contributed by atoms with van der Waals surface area (Å²) < 4.78 is 0. The lowest BCUT2D eigenvalue weighted by Gasteiger charge is -2.37. The van der Waals surface area contributed by atoms with E-state index in [2.05, 4.69) is 41.4 Å². The number of amides is 1. The molecule has 0 bridgehead atoms. The van der Waals surface area contributed by atoms with Crippen LogP contribution in [0.3, 0.4) is 0 Å². The third-order valence-corrected chi connectivity index (χ3v) is 5.90. The molecular weight excluding hydrogens is 388 g/mol. The number of phenolic OH excluding ortho intramolecular Hbond substituents is 1. The Bertz CT molecular complexity index is 995. The molecule has 1 saturated heterocycles. The Morgan fingerprint density at radius 3 is 2.74 bits per heavy atom. The highest BCUT2D eigenvalue weighted by atomic mass is 16.3. The molecule has 2 heterocycles. The maximum absolute atomic E-state index is 12.0. The molecule has 1 atom stereocenters. The number of rotatable bonds is 4. The van der Waals surface area contributed by atoms with Gasteiger partial charge in [-0.3, -0.25) is 9.79 Å². The Morgan fingerprint density at radius 1 is 1.23 bits per heavy atom. The van der Waals surface area contributed by atoms with E-state index in [9.17, 15) is 9.90 Å². The fourth-order valence-corrected chi connectivity index (χ4v) is 4.18. The lowest BCUT2D eigenvalue weighted by atomic mass is 9.99. The summed E-state index contributed by atoms with van der Waals surface area (Å²) in [4.78, 5) is 24.0. The average Bonchev–Trinajstić information content (AvgIpc) is 2.96. The molecule has 6 nitrogen and oxygen atoms in total. The Morgan fingerprint density at radius 2 is 2.00 bits per heavy atom. The van der Waals surface area contributed by atoms with Crippen LogP contribution in [0, 0.1) is 0 Å². The summed E-state index contributed by atoms with van der Waals surface area (Å²) in [5, 5.41) is 13.5. The van der Waals surface area contributed by atoms with Crippen molar-refractivity contribution in [2.75, 3.05) is 13.1 Å². The second-order valence-electron chi connectivity index (χ2n) is 8.32. The summed E-state index contributed by atoms with van der Waals surface area (Å²) in [5.74, 6) is 1.79. The van der Waals surface area contributed by atoms with E-state index < -0.39 is 0 Å². The highest BCUT2D eigenvalue weighted by Gasteiger charge is 2.30. The molecule has 1 amide bonds. The normalized spacial score (nSPS) is 21.4. The number of amidine groups is 2. The molecule has 0 spiro atoms. The second-order valence-corrected chi connectivity index (χ2v) is 8.32. The van der Waals surface area contributed by atoms with Gasteiger partial charge in [-0.1, -0.05) is 48.9 Å². The highest BCUT2D eigenvalue weighted by Crippen LogP contribution is 2.28. The molecule has 0 aromatic heterocycles. The lowest BCUT2D eigenvalue weighted by Crippen LogP contribution is -2.48. The molecule has 0 saturated carbocycles. The van der Waals surface area contributed by atoms with E-state index >= 15 is 0 Å². The van der Waals surface area contributed by atoms with Gasteiger partial charge in [-0.15, -0.1) is 0 Å². The van der Waals surface area contributed by atoms with Crippen molar-refractivity contribution in [2.24, 2.45) is 9.98 Å². The number of likely N-dealkylation sites (tertiary alicyclic amines) is 1. The number of phenols is 1. The lowest BCUT2D eigenvalue weighted by molar-refractivity contribution is -0.122. The van der Waals surface area contributed by atoms with Crippen LogP contribution in [0.15, 0.2) is 69.7 Å². The molecule has 31 heavy (non-hydrogen) atoms. The third kappa shape index (κ3) is 4.79. The van der Waals surface area contributed by atoms with Crippen LogP contribution in [0.5, 0.6) is 5.75 Å². The number of hydrogen-bond acceptors (Lipinski definition) is 5. The van der Waals surface area contributed by atoms with Gasteiger partial charge in [0.2, 0.25) is 5.91 Å². The van der Waals surface area contributed by atoms with Crippen molar-refractivity contribution in [1.29, 1.82) is 0 Å². The summed E-state index contributed by atoms with van der Waals surface area (Å²) in [7, 11) is 0. The maximum Gasteiger partial charge on any atom is 0.220 e.